The lowest BCUT2D eigenvalue weighted by Gasteiger charge is -2.29. The number of morpholine rings is 1. The topological polar surface area (TPSA) is 65.3 Å². The smallest absolute Gasteiger partial charge is 0.320 e. The maximum Gasteiger partial charge on any atom is 0.320 e. The Morgan fingerprint density at radius 1 is 0.968 bits per heavy atom. The molecule has 1 saturated carbocycles. The number of fused-ring (bicyclic) bond motifs is 1. The summed E-state index contributed by atoms with van der Waals surface area (Å²) in [4.78, 5) is 15.4. The van der Waals surface area contributed by atoms with Crippen molar-refractivity contribution in [2.45, 2.75) is 44.6 Å². The first-order valence-electron chi connectivity index (χ1n) is 10.8. The van der Waals surface area contributed by atoms with Gasteiger partial charge in [0.2, 0.25) is 0 Å². The van der Waals surface area contributed by atoms with Gasteiger partial charge in [-0.1, -0.05) is 18.6 Å². The van der Waals surface area contributed by atoms with Crippen molar-refractivity contribution in [3.63, 3.8) is 0 Å². The molecule has 2 aromatic heterocycles. The van der Waals surface area contributed by atoms with Gasteiger partial charge in [0, 0.05) is 19.2 Å². The van der Waals surface area contributed by atoms with Crippen LogP contribution < -0.4 is 9.64 Å². The van der Waals surface area contributed by atoms with E-state index in [0.717, 1.165) is 25.7 Å². The van der Waals surface area contributed by atoms with Gasteiger partial charge in [0.25, 0.3) is 6.43 Å². The highest BCUT2D eigenvalue weighted by Gasteiger charge is 2.24. The molecule has 3 aromatic rings. The fraction of sp³-hybridized carbons (Fsp3) is 0.500. The maximum absolute atomic E-state index is 13.9. The molecule has 1 aromatic carbocycles. The Hall–Kier alpha value is -2.81. The van der Waals surface area contributed by atoms with Crippen LogP contribution in [0.1, 0.15) is 44.4 Å². The predicted octanol–water partition coefficient (Wildman–Crippen LogP) is 4.30. The van der Waals surface area contributed by atoms with Gasteiger partial charge in [-0.25, -0.2) is 13.8 Å². The zero-order valence-electron chi connectivity index (χ0n) is 17.2. The summed E-state index contributed by atoms with van der Waals surface area (Å²) in [5, 5.41) is 0. The third-order valence-electron chi connectivity index (χ3n) is 5.85. The highest BCUT2D eigenvalue weighted by atomic mass is 19.3. The van der Waals surface area contributed by atoms with E-state index in [0.29, 0.717) is 49.0 Å². The number of ether oxygens (including phenoxy) is 2. The number of rotatable bonds is 5. The fourth-order valence-electron chi connectivity index (χ4n) is 4.29. The van der Waals surface area contributed by atoms with Gasteiger partial charge in [-0.15, -0.1) is 0 Å². The molecule has 0 atom stereocenters. The van der Waals surface area contributed by atoms with E-state index in [1.54, 1.807) is 30.3 Å². The molecule has 164 valence electrons. The van der Waals surface area contributed by atoms with Crippen LogP contribution in [0.4, 0.5) is 14.6 Å². The molecule has 0 spiro atoms. The van der Waals surface area contributed by atoms with E-state index in [2.05, 4.69) is 19.9 Å². The number of hydrogen-bond donors (Lipinski definition) is 0. The molecule has 5 rings (SSSR count). The summed E-state index contributed by atoms with van der Waals surface area (Å²) < 4.78 is 40.8. The Bertz CT molecular complexity index is 1050. The van der Waals surface area contributed by atoms with Crippen LogP contribution in [-0.4, -0.2) is 51.9 Å². The highest BCUT2D eigenvalue weighted by Crippen LogP contribution is 2.30. The van der Waals surface area contributed by atoms with E-state index in [1.165, 1.54) is 11.0 Å². The molecule has 7 nitrogen and oxygen atoms in total. The zero-order chi connectivity index (χ0) is 21.2. The SMILES string of the molecule is FC(F)c1nc2ccccc2n1-c1cc(N2CCOCC2)nc(OC2CCCCC2)n1. The molecule has 2 fully saturated rings. The van der Waals surface area contributed by atoms with Crippen molar-refractivity contribution < 1.29 is 18.3 Å². The van der Waals surface area contributed by atoms with Crippen molar-refractivity contribution in [2.24, 2.45) is 0 Å². The Labute approximate surface area is 179 Å². The van der Waals surface area contributed by atoms with Gasteiger partial charge in [0.1, 0.15) is 17.7 Å². The molecule has 3 heterocycles. The standard InChI is InChI=1S/C22H25F2N5O2/c23-20(24)21-25-16-8-4-5-9-17(16)29(21)19-14-18(28-10-12-30-13-11-28)26-22(27-19)31-15-6-2-1-3-7-15/h4-5,8-9,14-15,20H,1-3,6-7,10-13H2. The van der Waals surface area contributed by atoms with Crippen LogP contribution in [-0.2, 0) is 4.74 Å². The van der Waals surface area contributed by atoms with E-state index in [9.17, 15) is 8.78 Å². The molecular weight excluding hydrogens is 404 g/mol. The van der Waals surface area contributed by atoms with E-state index in [4.69, 9.17) is 9.47 Å². The number of benzene rings is 1. The van der Waals surface area contributed by atoms with Gasteiger partial charge in [-0.2, -0.15) is 9.97 Å². The Kier molecular flexibility index (Phi) is 5.67. The van der Waals surface area contributed by atoms with Crippen LogP contribution in [0.25, 0.3) is 16.9 Å². The minimum Gasteiger partial charge on any atom is -0.460 e. The van der Waals surface area contributed by atoms with Crippen molar-refractivity contribution in [3.8, 4) is 11.8 Å². The van der Waals surface area contributed by atoms with Crippen LogP contribution in [0.2, 0.25) is 0 Å². The van der Waals surface area contributed by atoms with Gasteiger partial charge in [0.05, 0.1) is 24.2 Å². The van der Waals surface area contributed by atoms with Crippen molar-refractivity contribution in [1.29, 1.82) is 0 Å². The van der Waals surface area contributed by atoms with Gasteiger partial charge in [0.15, 0.2) is 5.82 Å². The van der Waals surface area contributed by atoms with E-state index in [1.807, 2.05) is 0 Å². The second-order valence-corrected chi connectivity index (χ2v) is 7.94. The Balaban J connectivity index is 1.61. The summed E-state index contributed by atoms with van der Waals surface area (Å²) in [5.74, 6) is 0.653. The van der Waals surface area contributed by atoms with Crippen LogP contribution >= 0.6 is 0 Å². The molecule has 1 aliphatic heterocycles. The van der Waals surface area contributed by atoms with Crippen molar-refractivity contribution in [1.82, 2.24) is 19.5 Å². The fourth-order valence-corrected chi connectivity index (χ4v) is 4.29. The van der Waals surface area contributed by atoms with Crippen LogP contribution in [0.15, 0.2) is 30.3 Å². The lowest BCUT2D eigenvalue weighted by molar-refractivity contribution is 0.121. The molecule has 1 saturated heterocycles. The molecule has 9 heteroatoms. The number of anilines is 1. The van der Waals surface area contributed by atoms with Gasteiger partial charge < -0.3 is 14.4 Å². The zero-order valence-corrected chi connectivity index (χ0v) is 17.2. The molecule has 31 heavy (non-hydrogen) atoms. The molecule has 1 aliphatic carbocycles. The lowest BCUT2D eigenvalue weighted by Crippen LogP contribution is -2.37. The molecule has 2 aliphatic rings. The lowest BCUT2D eigenvalue weighted by atomic mass is 9.98. The maximum atomic E-state index is 13.9. The molecule has 0 radical (unpaired) electrons. The predicted molar refractivity (Wildman–Crippen MR) is 112 cm³/mol. The summed E-state index contributed by atoms with van der Waals surface area (Å²) in [7, 11) is 0. The molecular formula is C22H25F2N5O2. The second kappa shape index (κ2) is 8.74. The third-order valence-corrected chi connectivity index (χ3v) is 5.85. The summed E-state index contributed by atoms with van der Waals surface area (Å²) in [6.45, 7) is 2.53. The second-order valence-electron chi connectivity index (χ2n) is 7.94. The Morgan fingerprint density at radius 3 is 2.48 bits per heavy atom. The first-order valence-corrected chi connectivity index (χ1v) is 10.8. The summed E-state index contributed by atoms with van der Waals surface area (Å²) in [6.07, 6.45) is 2.66. The summed E-state index contributed by atoms with van der Waals surface area (Å²) in [6, 6.07) is 9.04. The average molecular weight is 429 g/mol. The van der Waals surface area contributed by atoms with Crippen LogP contribution in [0.3, 0.4) is 0 Å². The normalized spacial score (nSPS) is 18.1. The third kappa shape index (κ3) is 4.19. The highest BCUT2D eigenvalue weighted by molar-refractivity contribution is 5.78. The number of halogens is 2. The first kappa shape index (κ1) is 20.1. The number of hydrogen-bond acceptors (Lipinski definition) is 6. The van der Waals surface area contributed by atoms with E-state index < -0.39 is 6.43 Å². The van der Waals surface area contributed by atoms with Gasteiger partial charge in [-0.3, -0.25) is 4.57 Å². The largest absolute Gasteiger partial charge is 0.460 e. The number of alkyl halides is 2. The van der Waals surface area contributed by atoms with Crippen molar-refractivity contribution >= 4 is 16.9 Å². The molecule has 0 unspecified atom stereocenters. The first-order chi connectivity index (χ1) is 15.2. The number of nitrogens with zero attached hydrogens (tertiary/aromatic N) is 5. The molecule has 0 N–H and O–H groups in total. The van der Waals surface area contributed by atoms with Gasteiger partial charge in [-0.05, 0) is 37.8 Å². The van der Waals surface area contributed by atoms with Crippen LogP contribution in [0, 0.1) is 0 Å². The Morgan fingerprint density at radius 2 is 1.71 bits per heavy atom. The van der Waals surface area contributed by atoms with E-state index >= 15 is 0 Å². The van der Waals surface area contributed by atoms with Gasteiger partial charge >= 0.3 is 6.01 Å². The monoisotopic (exact) mass is 429 g/mol. The minimum absolute atomic E-state index is 0.0515. The number of para-hydroxylation sites is 2. The quantitative estimate of drug-likeness (QED) is 0.603. The van der Waals surface area contributed by atoms with E-state index in [-0.39, 0.29) is 17.9 Å². The van der Waals surface area contributed by atoms with Crippen molar-refractivity contribution in [3.05, 3.63) is 36.2 Å². The van der Waals surface area contributed by atoms with Crippen molar-refractivity contribution in [2.75, 3.05) is 31.2 Å². The summed E-state index contributed by atoms with van der Waals surface area (Å²) in [5.41, 5.74) is 1.08. The minimum atomic E-state index is -2.74. The molecule has 0 amide bonds. The van der Waals surface area contributed by atoms with Crippen LogP contribution in [0.5, 0.6) is 6.01 Å². The number of imidazole rings is 1. The summed E-state index contributed by atoms with van der Waals surface area (Å²) >= 11 is 0. The molecule has 0 bridgehead atoms. The number of aromatic nitrogens is 4. The average Bonchev–Trinajstić information content (AvgIpc) is 3.20.